The Morgan fingerprint density at radius 3 is 2.52 bits per heavy atom. The summed E-state index contributed by atoms with van der Waals surface area (Å²) in [6.45, 7) is 5.04. The number of anilines is 2. The van der Waals surface area contributed by atoms with Gasteiger partial charge in [0.05, 0.1) is 12.3 Å². The normalized spacial score (nSPS) is 13.8. The van der Waals surface area contributed by atoms with E-state index in [9.17, 15) is 4.79 Å². The van der Waals surface area contributed by atoms with Crippen LogP contribution in [0.4, 0.5) is 11.4 Å². The Morgan fingerprint density at radius 2 is 1.84 bits per heavy atom. The van der Waals surface area contributed by atoms with Gasteiger partial charge >= 0.3 is 0 Å². The third-order valence-electron chi connectivity index (χ3n) is 3.99. The van der Waals surface area contributed by atoms with Crippen molar-refractivity contribution in [2.75, 3.05) is 23.4 Å². The number of benzene rings is 2. The number of hydrogen-bond acceptors (Lipinski definition) is 4. The molecule has 0 fully saturated rings. The molecule has 5 nitrogen and oxygen atoms in total. The Morgan fingerprint density at radius 1 is 1.12 bits per heavy atom. The number of unbranched alkanes of at least 4 members (excludes halogenated alkanes) is 1. The largest absolute Gasteiger partial charge is 0.494 e. The fourth-order valence-electron chi connectivity index (χ4n) is 2.56. The number of ether oxygens (including phenoxy) is 1. The Bertz CT molecular complexity index is 752. The summed E-state index contributed by atoms with van der Waals surface area (Å²) in [7, 11) is 0. The quantitative estimate of drug-likeness (QED) is 0.811. The molecule has 0 saturated heterocycles. The molecule has 0 unspecified atom stereocenters. The highest BCUT2D eigenvalue weighted by Crippen LogP contribution is 2.23. The van der Waals surface area contributed by atoms with Gasteiger partial charge in [-0.3, -0.25) is 4.79 Å². The van der Waals surface area contributed by atoms with E-state index in [1.54, 1.807) is 4.90 Å². The molecule has 0 aliphatic carbocycles. The van der Waals surface area contributed by atoms with Gasteiger partial charge in [0.25, 0.3) is 5.91 Å². The van der Waals surface area contributed by atoms with Crippen molar-refractivity contribution in [3.63, 3.8) is 0 Å². The molecular formula is C20H23N3O2. The maximum atomic E-state index is 12.3. The van der Waals surface area contributed by atoms with Gasteiger partial charge in [-0.2, -0.15) is 0 Å². The summed E-state index contributed by atoms with van der Waals surface area (Å²) in [6.07, 6.45) is 2.13. The molecule has 0 saturated carbocycles. The van der Waals surface area contributed by atoms with Gasteiger partial charge in [0.1, 0.15) is 12.3 Å². The monoisotopic (exact) mass is 337 g/mol. The van der Waals surface area contributed by atoms with Crippen LogP contribution >= 0.6 is 0 Å². The van der Waals surface area contributed by atoms with Gasteiger partial charge in [0.15, 0.2) is 0 Å². The van der Waals surface area contributed by atoms with Crippen molar-refractivity contribution in [1.29, 1.82) is 0 Å². The number of amides is 1. The minimum atomic E-state index is -0.0470. The average molecular weight is 337 g/mol. The lowest BCUT2D eigenvalue weighted by atomic mass is 10.2. The molecule has 1 aliphatic heterocycles. The van der Waals surface area contributed by atoms with Crippen LogP contribution in [0, 0.1) is 6.92 Å². The summed E-state index contributed by atoms with van der Waals surface area (Å²) in [5, 5.41) is 3.23. The molecule has 1 N–H and O–H groups in total. The van der Waals surface area contributed by atoms with Crippen molar-refractivity contribution in [2.45, 2.75) is 26.7 Å². The first-order valence-corrected chi connectivity index (χ1v) is 8.61. The van der Waals surface area contributed by atoms with Crippen LogP contribution < -0.4 is 15.0 Å². The second-order valence-corrected chi connectivity index (χ2v) is 6.06. The molecule has 0 radical (unpaired) electrons. The highest BCUT2D eigenvalue weighted by atomic mass is 16.5. The van der Waals surface area contributed by atoms with E-state index in [0.717, 1.165) is 30.0 Å². The molecular weight excluding hydrogens is 314 g/mol. The minimum absolute atomic E-state index is 0.0470. The van der Waals surface area contributed by atoms with Crippen molar-refractivity contribution < 1.29 is 9.53 Å². The Hall–Kier alpha value is -2.82. The molecule has 0 aromatic heterocycles. The van der Waals surface area contributed by atoms with Crippen molar-refractivity contribution in [3.05, 3.63) is 54.1 Å². The van der Waals surface area contributed by atoms with E-state index in [-0.39, 0.29) is 12.5 Å². The zero-order valence-corrected chi connectivity index (χ0v) is 14.7. The van der Waals surface area contributed by atoms with Crippen molar-refractivity contribution in [1.82, 2.24) is 0 Å². The predicted octanol–water partition coefficient (Wildman–Crippen LogP) is 3.99. The number of carbonyl (C=O) groups excluding carboxylic acids is 1. The van der Waals surface area contributed by atoms with Crippen LogP contribution in [0.3, 0.4) is 0 Å². The summed E-state index contributed by atoms with van der Waals surface area (Å²) in [6, 6.07) is 15.5. The molecule has 2 aromatic rings. The molecule has 130 valence electrons. The molecule has 0 spiro atoms. The second-order valence-electron chi connectivity index (χ2n) is 6.06. The van der Waals surface area contributed by atoms with Gasteiger partial charge in [0, 0.05) is 5.69 Å². The van der Waals surface area contributed by atoms with Crippen LogP contribution in [-0.2, 0) is 4.79 Å². The van der Waals surface area contributed by atoms with E-state index < -0.39 is 0 Å². The first-order valence-electron chi connectivity index (χ1n) is 8.61. The first-order chi connectivity index (χ1) is 12.2. The van der Waals surface area contributed by atoms with E-state index in [2.05, 4.69) is 17.2 Å². The number of guanidine groups is 1. The lowest BCUT2D eigenvalue weighted by Crippen LogP contribution is -2.36. The summed E-state index contributed by atoms with van der Waals surface area (Å²) in [5.74, 6) is 1.32. The van der Waals surface area contributed by atoms with Gasteiger partial charge in [0.2, 0.25) is 5.96 Å². The van der Waals surface area contributed by atoms with Gasteiger partial charge < -0.3 is 10.1 Å². The summed E-state index contributed by atoms with van der Waals surface area (Å²) >= 11 is 0. The lowest BCUT2D eigenvalue weighted by Gasteiger charge is -2.20. The molecule has 5 heteroatoms. The maximum Gasteiger partial charge on any atom is 0.255 e. The maximum absolute atomic E-state index is 12.3. The highest BCUT2D eigenvalue weighted by Gasteiger charge is 2.27. The Kier molecular flexibility index (Phi) is 5.33. The van der Waals surface area contributed by atoms with E-state index in [4.69, 9.17) is 4.74 Å². The van der Waals surface area contributed by atoms with Crippen molar-refractivity contribution in [3.8, 4) is 5.75 Å². The number of aliphatic imine (C=N–C) groups is 1. The predicted molar refractivity (Wildman–Crippen MR) is 101 cm³/mol. The molecule has 1 aliphatic rings. The van der Waals surface area contributed by atoms with Crippen molar-refractivity contribution >= 4 is 23.2 Å². The van der Waals surface area contributed by atoms with Crippen LogP contribution in [-0.4, -0.2) is 25.0 Å². The zero-order chi connectivity index (χ0) is 17.6. The topological polar surface area (TPSA) is 53.9 Å². The number of nitrogens with zero attached hydrogens (tertiary/aromatic N) is 2. The van der Waals surface area contributed by atoms with Crippen molar-refractivity contribution in [2.24, 2.45) is 4.99 Å². The van der Waals surface area contributed by atoms with E-state index >= 15 is 0 Å². The van der Waals surface area contributed by atoms with Gasteiger partial charge in [-0.1, -0.05) is 31.0 Å². The third-order valence-corrected chi connectivity index (χ3v) is 3.99. The second kappa shape index (κ2) is 7.83. The van der Waals surface area contributed by atoms with Crippen LogP contribution in [0.25, 0.3) is 0 Å². The standard InChI is InChI=1S/C20H23N3O2/c1-3-4-13-25-18-11-9-17(10-12-18)23-19(24)14-21-20(23)22-16-7-5-15(2)6-8-16/h5-12H,3-4,13-14H2,1-2H3,(H,21,22). The van der Waals surface area contributed by atoms with Gasteiger partial charge in [-0.25, -0.2) is 9.89 Å². The lowest BCUT2D eigenvalue weighted by molar-refractivity contribution is -0.115. The number of hydrogen-bond donors (Lipinski definition) is 1. The fourth-order valence-corrected chi connectivity index (χ4v) is 2.56. The average Bonchev–Trinajstić information content (AvgIpc) is 2.98. The first kappa shape index (κ1) is 17.0. The molecule has 0 bridgehead atoms. The smallest absolute Gasteiger partial charge is 0.255 e. The van der Waals surface area contributed by atoms with E-state index in [0.29, 0.717) is 12.6 Å². The molecule has 1 amide bonds. The highest BCUT2D eigenvalue weighted by molar-refractivity contribution is 6.24. The number of rotatable bonds is 6. The Labute approximate surface area is 148 Å². The van der Waals surface area contributed by atoms with Gasteiger partial charge in [-0.05, 0) is 49.7 Å². The van der Waals surface area contributed by atoms with E-state index in [1.165, 1.54) is 5.56 Å². The van der Waals surface area contributed by atoms with Crippen LogP contribution in [0.1, 0.15) is 25.3 Å². The van der Waals surface area contributed by atoms with E-state index in [1.807, 2.05) is 55.5 Å². The molecule has 3 rings (SSSR count). The third kappa shape index (κ3) is 4.18. The number of aryl methyl sites for hydroxylation is 1. The Balaban J connectivity index is 1.71. The summed E-state index contributed by atoms with van der Waals surface area (Å²) in [5.41, 5.74) is 2.87. The fraction of sp³-hybridized carbons (Fsp3) is 0.300. The van der Waals surface area contributed by atoms with Crippen LogP contribution in [0.5, 0.6) is 5.75 Å². The SMILES string of the molecule is CCCCOc1ccc(N2C(=O)CN=C2Nc2ccc(C)cc2)cc1. The number of carbonyl (C=O) groups is 1. The summed E-state index contributed by atoms with van der Waals surface area (Å²) in [4.78, 5) is 18.2. The number of nitrogens with one attached hydrogen (secondary N) is 1. The van der Waals surface area contributed by atoms with Crippen LogP contribution in [0.15, 0.2) is 53.5 Å². The zero-order valence-electron chi connectivity index (χ0n) is 14.7. The van der Waals surface area contributed by atoms with Gasteiger partial charge in [-0.15, -0.1) is 0 Å². The minimum Gasteiger partial charge on any atom is -0.494 e. The molecule has 1 heterocycles. The molecule has 0 atom stereocenters. The summed E-state index contributed by atoms with van der Waals surface area (Å²) < 4.78 is 5.68. The molecule has 25 heavy (non-hydrogen) atoms. The van der Waals surface area contributed by atoms with Crippen LogP contribution in [0.2, 0.25) is 0 Å². The molecule has 2 aromatic carbocycles.